The summed E-state index contributed by atoms with van der Waals surface area (Å²) in [5.74, 6) is -0.0610. The summed E-state index contributed by atoms with van der Waals surface area (Å²) in [4.78, 5) is 13.2. The number of hydrogen-bond donors (Lipinski definition) is 0. The lowest BCUT2D eigenvalue weighted by molar-refractivity contribution is -0.248. The standard InChI is InChI=1S/C45H81F3O5Si3/c1-18-56(19-2,20-3)53-44(13,45(46,47)48)29-27-40(49)50-33(5)36-25-26-37-35(22-21-28-43(36,37)12)24-23-34-30-38(51-54(14,15)41(6,7)8)32(4)39(31-34)52-55(16,17)42(9,10)11/h23-24,33,36-39H,4,18-22,25-31H2,1-3,5-17H3/b35-24+/t33-,36+,37-,38+,39+,43+,44?/m0/s1. The molecule has 56 heavy (non-hydrogen) atoms. The number of fused-ring (bicyclic) bond motifs is 1. The number of esters is 1. The van der Waals surface area contributed by atoms with Crippen LogP contribution in [0.15, 0.2) is 35.5 Å². The molecule has 1 unspecified atom stereocenters. The number of halogens is 3. The summed E-state index contributed by atoms with van der Waals surface area (Å²) in [5.41, 5.74) is 1.45. The molecular formula is C45H81F3O5Si3. The lowest BCUT2D eigenvalue weighted by Crippen LogP contribution is -2.54. The molecule has 0 aromatic carbocycles. The normalized spacial score (nSPS) is 28.2. The van der Waals surface area contributed by atoms with E-state index in [1.54, 1.807) is 0 Å². The van der Waals surface area contributed by atoms with Crippen LogP contribution in [0.3, 0.4) is 0 Å². The molecule has 11 heteroatoms. The Morgan fingerprint density at radius 3 is 1.82 bits per heavy atom. The fraction of sp³-hybridized carbons (Fsp3) is 0.844. The lowest BCUT2D eigenvalue weighted by atomic mass is 9.62. The van der Waals surface area contributed by atoms with Crippen LogP contribution in [0.2, 0.25) is 54.4 Å². The zero-order valence-electron chi connectivity index (χ0n) is 38.4. The van der Waals surface area contributed by atoms with Crippen molar-refractivity contribution in [3.8, 4) is 0 Å². The Balaban J connectivity index is 1.81. The van der Waals surface area contributed by atoms with Crippen LogP contribution in [0.25, 0.3) is 0 Å². The first-order valence-electron chi connectivity index (χ1n) is 21.8. The highest BCUT2D eigenvalue weighted by molar-refractivity contribution is 6.75. The number of carbonyl (C=O) groups is 1. The topological polar surface area (TPSA) is 54.0 Å². The summed E-state index contributed by atoms with van der Waals surface area (Å²) in [6, 6.07) is 1.82. The van der Waals surface area contributed by atoms with Crippen molar-refractivity contribution in [2.75, 3.05) is 0 Å². The molecule has 7 atom stereocenters. The Bertz CT molecular complexity index is 1390. The van der Waals surface area contributed by atoms with Gasteiger partial charge in [0, 0.05) is 12.3 Å². The van der Waals surface area contributed by atoms with E-state index in [9.17, 15) is 18.0 Å². The van der Waals surface area contributed by atoms with E-state index in [1.165, 1.54) is 11.1 Å². The molecule has 0 aromatic heterocycles. The van der Waals surface area contributed by atoms with Gasteiger partial charge in [0.2, 0.25) is 0 Å². The highest BCUT2D eigenvalue weighted by Crippen LogP contribution is 2.59. The first kappa shape index (κ1) is 49.4. The van der Waals surface area contributed by atoms with Gasteiger partial charge in [-0.2, -0.15) is 13.2 Å². The molecule has 0 radical (unpaired) electrons. The molecule has 0 heterocycles. The van der Waals surface area contributed by atoms with E-state index in [1.807, 2.05) is 27.7 Å². The van der Waals surface area contributed by atoms with Crippen LogP contribution < -0.4 is 0 Å². The van der Waals surface area contributed by atoms with E-state index in [2.05, 4.69) is 93.4 Å². The van der Waals surface area contributed by atoms with Crippen LogP contribution in [-0.2, 0) is 22.8 Å². The third kappa shape index (κ3) is 11.0. The second kappa shape index (κ2) is 17.9. The van der Waals surface area contributed by atoms with E-state index in [4.69, 9.17) is 18.0 Å². The van der Waals surface area contributed by atoms with Gasteiger partial charge >= 0.3 is 12.1 Å². The average molecular weight is 843 g/mol. The minimum Gasteiger partial charge on any atom is -0.462 e. The molecule has 3 saturated carbocycles. The van der Waals surface area contributed by atoms with Gasteiger partial charge in [0.1, 0.15) is 11.7 Å². The Kier molecular flexibility index (Phi) is 15.8. The van der Waals surface area contributed by atoms with Crippen molar-refractivity contribution in [1.82, 2.24) is 0 Å². The third-order valence-electron chi connectivity index (χ3n) is 15.4. The predicted molar refractivity (Wildman–Crippen MR) is 234 cm³/mol. The van der Waals surface area contributed by atoms with Crippen molar-refractivity contribution >= 4 is 30.9 Å². The number of hydrogen-bond acceptors (Lipinski definition) is 5. The molecule has 3 aliphatic carbocycles. The van der Waals surface area contributed by atoms with Gasteiger partial charge < -0.3 is 18.0 Å². The minimum absolute atomic E-state index is 0.0523. The van der Waals surface area contributed by atoms with Crippen molar-refractivity contribution in [1.29, 1.82) is 0 Å². The Morgan fingerprint density at radius 1 is 0.875 bits per heavy atom. The summed E-state index contributed by atoms with van der Waals surface area (Å²) in [6.07, 6.45) is 5.58. The second-order valence-corrected chi connectivity index (χ2v) is 35.4. The SMILES string of the molecule is C=C1[C@H](O[Si](C)(C)C(C)(C)C)CC(=C/C=C2\CCC[C@]3(C)[C@@H]([C@H](C)OC(=O)CCC(C)(O[Si](CC)(CC)CC)C(F)(F)F)CC[C@@H]23)C[C@H]1O[Si](C)(C)C(C)(C)C. The van der Waals surface area contributed by atoms with Crippen molar-refractivity contribution in [3.63, 3.8) is 0 Å². The molecule has 3 aliphatic rings. The molecule has 324 valence electrons. The molecule has 3 fully saturated rings. The fourth-order valence-electron chi connectivity index (χ4n) is 9.12. The van der Waals surface area contributed by atoms with Gasteiger partial charge in [-0.25, -0.2) is 0 Å². The minimum atomic E-state index is -4.58. The maximum Gasteiger partial charge on any atom is 0.416 e. The van der Waals surface area contributed by atoms with Crippen LogP contribution in [0, 0.1) is 17.3 Å². The van der Waals surface area contributed by atoms with Crippen LogP contribution in [0.4, 0.5) is 13.2 Å². The smallest absolute Gasteiger partial charge is 0.416 e. The number of rotatable bonds is 15. The van der Waals surface area contributed by atoms with Crippen LogP contribution in [0.1, 0.15) is 141 Å². The Labute approximate surface area is 343 Å². The number of carbonyl (C=O) groups excluding carboxylic acids is 1. The molecule has 0 aliphatic heterocycles. The molecule has 3 rings (SSSR count). The zero-order chi connectivity index (χ0) is 42.9. The largest absolute Gasteiger partial charge is 0.462 e. The maximum atomic E-state index is 14.5. The van der Waals surface area contributed by atoms with E-state index in [0.717, 1.165) is 57.4 Å². The molecule has 0 bridgehead atoms. The second-order valence-electron chi connectivity index (χ2n) is 21.1. The molecule has 0 aromatic rings. The van der Waals surface area contributed by atoms with Crippen molar-refractivity contribution in [3.05, 3.63) is 35.5 Å². The highest BCUT2D eigenvalue weighted by atomic mass is 28.4. The van der Waals surface area contributed by atoms with Crippen molar-refractivity contribution in [2.24, 2.45) is 17.3 Å². The van der Waals surface area contributed by atoms with Crippen molar-refractivity contribution in [2.45, 2.75) is 225 Å². The van der Waals surface area contributed by atoms with Crippen molar-refractivity contribution < 1.29 is 36.0 Å². The first-order chi connectivity index (χ1) is 25.4. The third-order valence-corrected chi connectivity index (χ3v) is 29.2. The van der Waals surface area contributed by atoms with Gasteiger partial charge in [-0.3, -0.25) is 4.79 Å². The predicted octanol–water partition coefficient (Wildman–Crippen LogP) is 14.2. The summed E-state index contributed by atoms with van der Waals surface area (Å²) in [6.45, 7) is 38.7. The van der Waals surface area contributed by atoms with Gasteiger partial charge in [0.15, 0.2) is 25.0 Å². The van der Waals surface area contributed by atoms with Crippen LogP contribution in [-0.4, -0.2) is 61.0 Å². The number of ether oxygens (including phenoxy) is 1. The number of alkyl halides is 3. The molecule has 0 N–H and O–H groups in total. The first-order valence-corrected chi connectivity index (χ1v) is 30.1. The van der Waals surface area contributed by atoms with Gasteiger partial charge in [-0.1, -0.05) is 99.1 Å². The summed E-state index contributed by atoms with van der Waals surface area (Å²) < 4.78 is 69.5. The van der Waals surface area contributed by atoms with E-state index in [0.29, 0.717) is 24.1 Å². The maximum absolute atomic E-state index is 14.5. The van der Waals surface area contributed by atoms with Gasteiger partial charge in [0.05, 0.1) is 12.2 Å². The fourth-order valence-corrected chi connectivity index (χ4v) is 14.8. The lowest BCUT2D eigenvalue weighted by Gasteiger charge is -2.46. The van der Waals surface area contributed by atoms with Crippen LogP contribution in [0.5, 0.6) is 0 Å². The molecular weight excluding hydrogens is 762 g/mol. The van der Waals surface area contributed by atoms with E-state index < -0.39 is 49.1 Å². The highest BCUT2D eigenvalue weighted by Gasteiger charge is 2.56. The molecule has 5 nitrogen and oxygen atoms in total. The quantitative estimate of drug-likeness (QED) is 0.0934. The zero-order valence-corrected chi connectivity index (χ0v) is 41.4. The summed E-state index contributed by atoms with van der Waals surface area (Å²) in [7, 11) is -6.74. The summed E-state index contributed by atoms with van der Waals surface area (Å²) in [5, 5.41) is 0.154. The average Bonchev–Trinajstić information content (AvgIpc) is 3.43. The number of allylic oxidation sites excluding steroid dienone is 3. The van der Waals surface area contributed by atoms with E-state index in [-0.39, 0.29) is 46.1 Å². The van der Waals surface area contributed by atoms with Gasteiger partial charge in [-0.15, -0.1) is 0 Å². The van der Waals surface area contributed by atoms with Gasteiger partial charge in [0.25, 0.3) is 0 Å². The molecule has 0 amide bonds. The van der Waals surface area contributed by atoms with Gasteiger partial charge in [-0.05, 0) is 137 Å². The molecule has 0 spiro atoms. The molecule has 0 saturated heterocycles. The Morgan fingerprint density at radius 2 is 1.38 bits per heavy atom. The monoisotopic (exact) mass is 843 g/mol. The van der Waals surface area contributed by atoms with Crippen LogP contribution >= 0.6 is 0 Å². The Hall–Kier alpha value is -0.989. The summed E-state index contributed by atoms with van der Waals surface area (Å²) >= 11 is 0. The van der Waals surface area contributed by atoms with E-state index >= 15 is 0 Å².